The lowest BCUT2D eigenvalue weighted by atomic mass is 10.1. The largest absolute Gasteiger partial charge is 0.300 e. The maximum Gasteiger partial charge on any atom is 0.0163 e. The highest BCUT2D eigenvalue weighted by Gasteiger charge is 2.04. The molecule has 1 heterocycles. The van der Waals surface area contributed by atoms with Gasteiger partial charge in [-0.15, -0.1) is 0 Å². The van der Waals surface area contributed by atoms with E-state index in [-0.39, 0.29) is 0 Å². The van der Waals surface area contributed by atoms with E-state index in [0.717, 1.165) is 6.54 Å². The molecule has 1 aliphatic rings. The van der Waals surface area contributed by atoms with Gasteiger partial charge in [0.2, 0.25) is 0 Å². The Bertz CT molecular complexity index is 130. The van der Waals surface area contributed by atoms with Gasteiger partial charge >= 0.3 is 0 Å². The van der Waals surface area contributed by atoms with Crippen LogP contribution < -0.4 is 0 Å². The summed E-state index contributed by atoms with van der Waals surface area (Å²) in [4.78, 5) is 2.59. The minimum atomic E-state index is 1.16. The van der Waals surface area contributed by atoms with Crippen molar-refractivity contribution >= 4 is 0 Å². The summed E-state index contributed by atoms with van der Waals surface area (Å²) in [6, 6.07) is 0. The topological polar surface area (TPSA) is 3.24 Å². The van der Waals surface area contributed by atoms with Crippen LogP contribution in [0.15, 0.2) is 12.2 Å². The zero-order valence-electron chi connectivity index (χ0n) is 8.97. The van der Waals surface area contributed by atoms with Gasteiger partial charge in [-0.3, -0.25) is 4.90 Å². The van der Waals surface area contributed by atoms with Crippen molar-refractivity contribution in [2.24, 2.45) is 0 Å². The van der Waals surface area contributed by atoms with E-state index >= 15 is 0 Å². The van der Waals surface area contributed by atoms with E-state index in [9.17, 15) is 0 Å². The lowest BCUT2D eigenvalue weighted by Gasteiger charge is -2.19. The second-order valence-corrected chi connectivity index (χ2v) is 3.99. The molecule has 0 saturated carbocycles. The zero-order chi connectivity index (χ0) is 9.36. The Balaban J connectivity index is 2.23. The predicted molar refractivity (Wildman–Crippen MR) is 59.0 cm³/mol. The van der Waals surface area contributed by atoms with E-state index in [0.29, 0.717) is 0 Å². The number of allylic oxidation sites excluding steroid dienone is 1. The van der Waals surface area contributed by atoms with Crippen molar-refractivity contribution in [3.63, 3.8) is 0 Å². The van der Waals surface area contributed by atoms with Crippen LogP contribution in [0.25, 0.3) is 0 Å². The van der Waals surface area contributed by atoms with E-state index in [1.54, 1.807) is 0 Å². The number of nitrogens with zero attached hydrogens (tertiary/aromatic N) is 1. The van der Waals surface area contributed by atoms with Gasteiger partial charge in [-0.1, -0.05) is 37.8 Å². The summed E-state index contributed by atoms with van der Waals surface area (Å²) in [5.74, 6) is 0. The van der Waals surface area contributed by atoms with Crippen molar-refractivity contribution in [2.75, 3.05) is 19.6 Å². The molecule has 1 aliphatic heterocycles. The van der Waals surface area contributed by atoms with E-state index < -0.39 is 0 Å². The van der Waals surface area contributed by atoms with Gasteiger partial charge in [-0.25, -0.2) is 0 Å². The van der Waals surface area contributed by atoms with Gasteiger partial charge in [-0.2, -0.15) is 0 Å². The van der Waals surface area contributed by atoms with E-state index in [4.69, 9.17) is 0 Å². The Morgan fingerprint density at radius 2 is 1.46 bits per heavy atom. The summed E-state index contributed by atoms with van der Waals surface area (Å²) in [5.41, 5.74) is 0. The number of hydrogen-bond donors (Lipinski definition) is 0. The first-order valence-corrected chi connectivity index (χ1v) is 5.77. The maximum atomic E-state index is 2.59. The first kappa shape index (κ1) is 10.8. The average molecular weight is 181 g/mol. The average Bonchev–Trinajstić information content (AvgIpc) is 2.28. The molecule has 0 N–H and O–H groups in total. The molecule has 0 amide bonds. The third kappa shape index (κ3) is 5.09. The van der Waals surface area contributed by atoms with Crippen LogP contribution in [0.1, 0.15) is 45.4 Å². The molecule has 1 fully saturated rings. The van der Waals surface area contributed by atoms with Crippen LogP contribution in [-0.2, 0) is 0 Å². The molecule has 0 aromatic heterocycles. The smallest absolute Gasteiger partial charge is 0.0163 e. The first-order chi connectivity index (χ1) is 6.43. The molecule has 1 rings (SSSR count). The Morgan fingerprint density at radius 1 is 0.923 bits per heavy atom. The molecule has 0 unspecified atom stereocenters. The molecular formula is C12H23N. The quantitative estimate of drug-likeness (QED) is 0.591. The summed E-state index contributed by atoms with van der Waals surface area (Å²) < 4.78 is 0. The molecule has 0 bridgehead atoms. The first-order valence-electron chi connectivity index (χ1n) is 5.77. The summed E-state index contributed by atoms with van der Waals surface area (Å²) in [6.07, 6.45) is 13.0. The van der Waals surface area contributed by atoms with Gasteiger partial charge in [0.05, 0.1) is 0 Å². The predicted octanol–water partition coefficient (Wildman–Crippen LogP) is 3.22. The van der Waals surface area contributed by atoms with Crippen LogP contribution in [0.2, 0.25) is 0 Å². The third-order valence-corrected chi connectivity index (χ3v) is 2.80. The number of hydrogen-bond acceptors (Lipinski definition) is 1. The second-order valence-electron chi connectivity index (χ2n) is 3.99. The lowest BCUT2D eigenvalue weighted by molar-refractivity contribution is 0.296. The van der Waals surface area contributed by atoms with Crippen LogP contribution in [0.4, 0.5) is 0 Å². The van der Waals surface area contributed by atoms with Crippen LogP contribution in [-0.4, -0.2) is 24.5 Å². The molecule has 0 aromatic carbocycles. The van der Waals surface area contributed by atoms with Crippen molar-refractivity contribution in [2.45, 2.75) is 45.4 Å². The minimum Gasteiger partial charge on any atom is -0.300 e. The fourth-order valence-electron chi connectivity index (χ4n) is 1.93. The van der Waals surface area contributed by atoms with Gasteiger partial charge in [0, 0.05) is 6.54 Å². The highest BCUT2D eigenvalue weighted by atomic mass is 15.1. The minimum absolute atomic E-state index is 1.16. The monoisotopic (exact) mass is 181 g/mol. The molecule has 1 nitrogen and oxygen atoms in total. The molecule has 1 heteroatoms. The normalized spacial score (nSPS) is 22.5. The van der Waals surface area contributed by atoms with Crippen molar-refractivity contribution in [3.05, 3.63) is 12.2 Å². The molecule has 0 spiro atoms. The Morgan fingerprint density at radius 3 is 2.00 bits per heavy atom. The Kier molecular flexibility index (Phi) is 5.92. The SMILES string of the molecule is CC=CCN1CCCCCCCC1. The molecule has 76 valence electrons. The molecule has 0 aliphatic carbocycles. The molecule has 13 heavy (non-hydrogen) atoms. The van der Waals surface area contributed by atoms with E-state index in [1.807, 2.05) is 0 Å². The molecule has 0 atom stereocenters. The zero-order valence-corrected chi connectivity index (χ0v) is 8.97. The van der Waals surface area contributed by atoms with Crippen molar-refractivity contribution in [1.29, 1.82) is 0 Å². The van der Waals surface area contributed by atoms with Crippen LogP contribution in [0, 0.1) is 0 Å². The fraction of sp³-hybridized carbons (Fsp3) is 0.833. The summed E-state index contributed by atoms with van der Waals surface area (Å²) >= 11 is 0. The Labute approximate surface area is 82.8 Å². The maximum absolute atomic E-state index is 2.59. The molecule has 1 saturated heterocycles. The van der Waals surface area contributed by atoms with Gasteiger partial charge in [0.1, 0.15) is 0 Å². The van der Waals surface area contributed by atoms with Crippen molar-refractivity contribution in [3.8, 4) is 0 Å². The van der Waals surface area contributed by atoms with Crippen molar-refractivity contribution < 1.29 is 0 Å². The summed E-state index contributed by atoms with van der Waals surface area (Å²) in [6.45, 7) is 5.89. The molecule has 0 aromatic rings. The second kappa shape index (κ2) is 7.14. The van der Waals surface area contributed by atoms with Crippen LogP contribution in [0.3, 0.4) is 0 Å². The summed E-state index contributed by atoms with van der Waals surface area (Å²) in [5, 5.41) is 0. The molecule has 0 radical (unpaired) electrons. The highest BCUT2D eigenvalue weighted by Crippen LogP contribution is 2.10. The standard InChI is InChI=1S/C12H23N/c1-2-3-10-13-11-8-6-4-5-7-9-12-13/h2-3H,4-12H2,1H3. The van der Waals surface area contributed by atoms with Gasteiger partial charge in [-0.05, 0) is 32.9 Å². The molecular weight excluding hydrogens is 158 g/mol. The van der Waals surface area contributed by atoms with E-state index in [1.165, 1.54) is 51.6 Å². The third-order valence-electron chi connectivity index (χ3n) is 2.80. The van der Waals surface area contributed by atoms with Crippen molar-refractivity contribution in [1.82, 2.24) is 4.90 Å². The highest BCUT2D eigenvalue weighted by molar-refractivity contribution is 4.81. The van der Waals surface area contributed by atoms with Crippen LogP contribution in [0.5, 0.6) is 0 Å². The van der Waals surface area contributed by atoms with Gasteiger partial charge in [0.25, 0.3) is 0 Å². The van der Waals surface area contributed by atoms with E-state index in [2.05, 4.69) is 24.0 Å². The van der Waals surface area contributed by atoms with Gasteiger partial charge in [0.15, 0.2) is 0 Å². The fourth-order valence-corrected chi connectivity index (χ4v) is 1.93. The summed E-state index contributed by atoms with van der Waals surface area (Å²) in [7, 11) is 0. The number of rotatable bonds is 2. The van der Waals surface area contributed by atoms with Crippen LogP contribution >= 0.6 is 0 Å². The lowest BCUT2D eigenvalue weighted by Crippen LogP contribution is -2.25. The van der Waals surface area contributed by atoms with Gasteiger partial charge < -0.3 is 0 Å². The Hall–Kier alpha value is -0.300.